The van der Waals surface area contributed by atoms with Crippen LogP contribution < -0.4 is 5.32 Å². The Morgan fingerprint density at radius 2 is 2.19 bits per heavy atom. The highest BCUT2D eigenvalue weighted by Crippen LogP contribution is 2.22. The largest absolute Gasteiger partial charge is 0.370 e. The average Bonchev–Trinajstić information content (AvgIpc) is 2.26. The average molecular weight is 330 g/mol. The van der Waals surface area contributed by atoms with Gasteiger partial charge < -0.3 is 5.32 Å². The Labute approximate surface area is 107 Å². The number of aromatic nitrogens is 1. The molecule has 0 aliphatic carbocycles. The molecule has 16 heavy (non-hydrogen) atoms. The van der Waals surface area contributed by atoms with E-state index in [1.165, 1.54) is 12.1 Å². The fraction of sp³-hybridized carbons (Fsp3) is 0.250. The second-order valence-electron chi connectivity index (χ2n) is 3.58. The normalized spacial score (nSPS) is 10.7. The molecule has 0 amide bonds. The van der Waals surface area contributed by atoms with Crippen molar-refractivity contribution in [1.82, 2.24) is 4.98 Å². The molecule has 1 N–H and O–H groups in total. The summed E-state index contributed by atoms with van der Waals surface area (Å²) in [6, 6.07) is 6.78. The van der Waals surface area contributed by atoms with E-state index in [0.717, 1.165) is 33.3 Å². The summed E-state index contributed by atoms with van der Waals surface area (Å²) in [6.07, 6.45) is 1.06. The first-order valence-electron chi connectivity index (χ1n) is 5.20. The van der Waals surface area contributed by atoms with Crippen molar-refractivity contribution in [2.24, 2.45) is 0 Å². The first-order chi connectivity index (χ1) is 7.70. The molecule has 0 bridgehead atoms. The Morgan fingerprint density at radius 3 is 2.94 bits per heavy atom. The van der Waals surface area contributed by atoms with E-state index in [4.69, 9.17) is 0 Å². The van der Waals surface area contributed by atoms with Crippen LogP contribution in [0.5, 0.6) is 0 Å². The van der Waals surface area contributed by atoms with Crippen LogP contribution in [0.2, 0.25) is 0 Å². The summed E-state index contributed by atoms with van der Waals surface area (Å²) in [5.41, 5.74) is 0.850. The molecule has 2 nitrogen and oxygen atoms in total. The minimum absolute atomic E-state index is 0.215. The van der Waals surface area contributed by atoms with Gasteiger partial charge in [0.15, 0.2) is 0 Å². The number of nitrogens with zero attached hydrogens (tertiary/aromatic N) is 1. The summed E-state index contributed by atoms with van der Waals surface area (Å²) < 4.78 is 14.0. The van der Waals surface area contributed by atoms with Crippen molar-refractivity contribution in [1.29, 1.82) is 0 Å². The fourth-order valence-corrected chi connectivity index (χ4v) is 2.24. The summed E-state index contributed by atoms with van der Waals surface area (Å²) >= 11 is 2.11. The van der Waals surface area contributed by atoms with Gasteiger partial charge in [0, 0.05) is 15.5 Å². The maximum Gasteiger partial charge on any atom is 0.126 e. The van der Waals surface area contributed by atoms with Crippen molar-refractivity contribution in [2.75, 3.05) is 11.9 Å². The summed E-state index contributed by atoms with van der Waals surface area (Å²) in [4.78, 5) is 4.47. The number of pyridine rings is 1. The Hall–Kier alpha value is -0.910. The van der Waals surface area contributed by atoms with Crippen LogP contribution in [0.4, 0.5) is 10.2 Å². The quantitative estimate of drug-likeness (QED) is 0.866. The second kappa shape index (κ2) is 4.95. The molecule has 0 atom stereocenters. The van der Waals surface area contributed by atoms with Crippen LogP contribution >= 0.6 is 22.6 Å². The van der Waals surface area contributed by atoms with E-state index in [1.807, 2.05) is 12.1 Å². The van der Waals surface area contributed by atoms with Gasteiger partial charge in [-0.25, -0.2) is 9.37 Å². The number of fused-ring (bicyclic) bond motifs is 1. The van der Waals surface area contributed by atoms with Crippen LogP contribution in [0, 0.1) is 9.39 Å². The van der Waals surface area contributed by atoms with E-state index in [0.29, 0.717) is 0 Å². The summed E-state index contributed by atoms with van der Waals surface area (Å²) in [5.74, 6) is 0.631. The maximum atomic E-state index is 13.2. The van der Waals surface area contributed by atoms with Gasteiger partial charge in [-0.2, -0.15) is 0 Å². The molecule has 0 aliphatic rings. The number of anilines is 1. The number of hydrogen-bond acceptors (Lipinski definition) is 2. The number of hydrogen-bond donors (Lipinski definition) is 1. The molecule has 2 rings (SSSR count). The minimum Gasteiger partial charge on any atom is -0.370 e. The summed E-state index contributed by atoms with van der Waals surface area (Å²) in [6.45, 7) is 3.00. The van der Waals surface area contributed by atoms with E-state index in [9.17, 15) is 4.39 Å². The molecule has 1 aromatic carbocycles. The van der Waals surface area contributed by atoms with E-state index < -0.39 is 0 Å². The van der Waals surface area contributed by atoms with Crippen LogP contribution in [0.25, 0.3) is 10.9 Å². The molecule has 0 radical (unpaired) electrons. The molecular formula is C12H12FIN2. The van der Waals surface area contributed by atoms with Crippen LogP contribution in [0.15, 0.2) is 24.3 Å². The predicted octanol–water partition coefficient (Wildman–Crippen LogP) is 3.80. The highest BCUT2D eigenvalue weighted by molar-refractivity contribution is 14.1. The van der Waals surface area contributed by atoms with E-state index >= 15 is 0 Å². The standard InChI is InChI=1S/C12H12FIN2/c1-2-5-15-11-4-3-8-6-9(13)7-10(14)12(8)16-11/h3-4,6-7H,2,5H2,1H3,(H,15,16). The van der Waals surface area contributed by atoms with E-state index in [-0.39, 0.29) is 5.82 Å². The molecule has 0 saturated heterocycles. The Balaban J connectivity index is 2.45. The maximum absolute atomic E-state index is 13.2. The van der Waals surface area contributed by atoms with E-state index in [1.54, 1.807) is 0 Å². The molecule has 1 aromatic heterocycles. The zero-order valence-corrected chi connectivity index (χ0v) is 11.1. The molecule has 0 fully saturated rings. The van der Waals surface area contributed by atoms with Crippen molar-refractivity contribution in [3.63, 3.8) is 0 Å². The van der Waals surface area contributed by atoms with Crippen molar-refractivity contribution < 1.29 is 4.39 Å². The van der Waals surface area contributed by atoms with Gasteiger partial charge in [-0.05, 0) is 53.3 Å². The lowest BCUT2D eigenvalue weighted by Gasteiger charge is -2.06. The molecule has 84 valence electrons. The number of halogens is 2. The second-order valence-corrected chi connectivity index (χ2v) is 4.74. The third-order valence-electron chi connectivity index (χ3n) is 2.27. The lowest BCUT2D eigenvalue weighted by molar-refractivity contribution is 0.628. The van der Waals surface area contributed by atoms with Gasteiger partial charge in [-0.1, -0.05) is 6.92 Å². The van der Waals surface area contributed by atoms with Crippen LogP contribution in [0.1, 0.15) is 13.3 Å². The molecule has 0 spiro atoms. The highest BCUT2D eigenvalue weighted by atomic mass is 127. The molecule has 4 heteroatoms. The molecule has 0 saturated carbocycles. The molecule has 2 aromatic rings. The highest BCUT2D eigenvalue weighted by Gasteiger charge is 2.04. The van der Waals surface area contributed by atoms with Crippen LogP contribution in [-0.4, -0.2) is 11.5 Å². The Bertz CT molecular complexity index is 514. The van der Waals surface area contributed by atoms with Gasteiger partial charge in [-0.3, -0.25) is 0 Å². The number of rotatable bonds is 3. The van der Waals surface area contributed by atoms with Gasteiger partial charge in [0.2, 0.25) is 0 Å². The molecule has 1 heterocycles. The number of benzene rings is 1. The van der Waals surface area contributed by atoms with Crippen molar-refractivity contribution in [2.45, 2.75) is 13.3 Å². The fourth-order valence-electron chi connectivity index (χ4n) is 1.51. The van der Waals surface area contributed by atoms with E-state index in [2.05, 4.69) is 39.8 Å². The van der Waals surface area contributed by atoms with Gasteiger partial charge >= 0.3 is 0 Å². The van der Waals surface area contributed by atoms with Crippen molar-refractivity contribution in [3.05, 3.63) is 33.7 Å². The summed E-state index contributed by atoms with van der Waals surface area (Å²) in [7, 11) is 0. The zero-order chi connectivity index (χ0) is 11.5. The van der Waals surface area contributed by atoms with Gasteiger partial charge in [0.05, 0.1) is 5.52 Å². The lowest BCUT2D eigenvalue weighted by atomic mass is 10.2. The van der Waals surface area contributed by atoms with Crippen LogP contribution in [-0.2, 0) is 0 Å². The monoisotopic (exact) mass is 330 g/mol. The molecule has 0 aliphatic heterocycles. The van der Waals surface area contributed by atoms with Crippen molar-refractivity contribution in [3.8, 4) is 0 Å². The van der Waals surface area contributed by atoms with Crippen LogP contribution in [0.3, 0.4) is 0 Å². The SMILES string of the molecule is CCCNc1ccc2cc(F)cc(I)c2n1. The lowest BCUT2D eigenvalue weighted by Crippen LogP contribution is -2.02. The first kappa shape index (κ1) is 11.6. The predicted molar refractivity (Wildman–Crippen MR) is 73.2 cm³/mol. The smallest absolute Gasteiger partial charge is 0.126 e. The zero-order valence-electron chi connectivity index (χ0n) is 8.93. The van der Waals surface area contributed by atoms with Gasteiger partial charge in [0.25, 0.3) is 0 Å². The topological polar surface area (TPSA) is 24.9 Å². The molecular weight excluding hydrogens is 318 g/mol. The molecule has 0 unspecified atom stereocenters. The summed E-state index contributed by atoms with van der Waals surface area (Å²) in [5, 5.41) is 4.06. The van der Waals surface area contributed by atoms with Gasteiger partial charge in [-0.15, -0.1) is 0 Å². The Kier molecular flexibility index (Phi) is 3.58. The minimum atomic E-state index is -0.215. The number of nitrogens with one attached hydrogen (secondary N) is 1. The first-order valence-corrected chi connectivity index (χ1v) is 6.28. The Morgan fingerprint density at radius 1 is 1.38 bits per heavy atom. The third kappa shape index (κ3) is 2.42. The third-order valence-corrected chi connectivity index (χ3v) is 3.09. The van der Waals surface area contributed by atoms with Crippen molar-refractivity contribution >= 4 is 39.3 Å². The van der Waals surface area contributed by atoms with Gasteiger partial charge in [0.1, 0.15) is 11.6 Å².